The Hall–Kier alpha value is -1.66. The first kappa shape index (κ1) is 17.3. The lowest BCUT2D eigenvalue weighted by Gasteiger charge is -2.18. The van der Waals surface area contributed by atoms with E-state index in [4.69, 9.17) is 5.73 Å². The molecule has 2 amide bonds. The Morgan fingerprint density at radius 3 is 2.32 bits per heavy atom. The van der Waals surface area contributed by atoms with Crippen molar-refractivity contribution in [3.05, 3.63) is 24.0 Å². The fourth-order valence-electron chi connectivity index (χ4n) is 1.19. The van der Waals surface area contributed by atoms with Crippen molar-refractivity contribution < 1.29 is 14.0 Å². The predicted molar refractivity (Wildman–Crippen MR) is 74.8 cm³/mol. The van der Waals surface area contributed by atoms with Crippen molar-refractivity contribution in [2.45, 2.75) is 26.3 Å². The average molecular weight is 290 g/mol. The van der Waals surface area contributed by atoms with E-state index in [1.807, 2.05) is 0 Å². The SMILES string of the molecule is CC(=O)Nc1ccc(F)c(NC(=O)C(C)(C)N)c1.Cl. The quantitative estimate of drug-likeness (QED) is 0.794. The maximum atomic E-state index is 13.5. The monoisotopic (exact) mass is 289 g/mol. The lowest BCUT2D eigenvalue weighted by Crippen LogP contribution is -2.45. The molecule has 0 aliphatic heterocycles. The molecule has 0 aliphatic carbocycles. The molecule has 0 unspecified atom stereocenters. The Balaban J connectivity index is 0.00000324. The van der Waals surface area contributed by atoms with Crippen LogP contribution in [0.2, 0.25) is 0 Å². The topological polar surface area (TPSA) is 84.2 Å². The van der Waals surface area contributed by atoms with E-state index in [9.17, 15) is 14.0 Å². The standard InChI is InChI=1S/C12H16FN3O2.ClH/c1-7(17)15-8-4-5-9(13)10(6-8)16-11(18)12(2,3)14;/h4-6H,14H2,1-3H3,(H,15,17)(H,16,18);1H. The van der Waals surface area contributed by atoms with Crippen LogP contribution in [0, 0.1) is 5.82 Å². The first-order chi connectivity index (χ1) is 8.20. The molecule has 5 nitrogen and oxygen atoms in total. The molecule has 0 aromatic heterocycles. The van der Waals surface area contributed by atoms with Gasteiger partial charge in [-0.2, -0.15) is 0 Å². The van der Waals surface area contributed by atoms with Crippen molar-refractivity contribution in [2.75, 3.05) is 10.6 Å². The number of hydrogen-bond acceptors (Lipinski definition) is 3. The number of carbonyl (C=O) groups is 2. The van der Waals surface area contributed by atoms with Crippen LogP contribution in [0.25, 0.3) is 0 Å². The number of hydrogen-bond donors (Lipinski definition) is 3. The smallest absolute Gasteiger partial charge is 0.243 e. The first-order valence-corrected chi connectivity index (χ1v) is 5.37. The molecule has 0 saturated heterocycles. The summed E-state index contributed by atoms with van der Waals surface area (Å²) in [6.45, 7) is 4.36. The Morgan fingerprint density at radius 2 is 1.84 bits per heavy atom. The van der Waals surface area contributed by atoms with E-state index < -0.39 is 17.3 Å². The van der Waals surface area contributed by atoms with Crippen molar-refractivity contribution in [1.82, 2.24) is 0 Å². The van der Waals surface area contributed by atoms with Crippen molar-refractivity contribution >= 4 is 35.6 Å². The fourth-order valence-corrected chi connectivity index (χ4v) is 1.19. The fraction of sp³-hybridized carbons (Fsp3) is 0.333. The van der Waals surface area contributed by atoms with Crippen LogP contribution >= 0.6 is 12.4 Å². The molecule has 106 valence electrons. The van der Waals surface area contributed by atoms with Gasteiger partial charge in [-0.05, 0) is 32.0 Å². The Kier molecular flexibility index (Phi) is 5.92. The van der Waals surface area contributed by atoms with Gasteiger partial charge in [-0.1, -0.05) is 0 Å². The van der Waals surface area contributed by atoms with Crippen LogP contribution in [0.15, 0.2) is 18.2 Å². The third kappa shape index (κ3) is 5.23. The van der Waals surface area contributed by atoms with Gasteiger partial charge in [-0.15, -0.1) is 12.4 Å². The molecule has 1 aromatic rings. The summed E-state index contributed by atoms with van der Waals surface area (Å²) in [6.07, 6.45) is 0. The second-order valence-corrected chi connectivity index (χ2v) is 4.55. The molecule has 7 heteroatoms. The summed E-state index contributed by atoms with van der Waals surface area (Å²) in [6, 6.07) is 3.89. The maximum Gasteiger partial charge on any atom is 0.243 e. The molecule has 4 N–H and O–H groups in total. The second kappa shape index (κ2) is 6.49. The zero-order valence-electron chi connectivity index (χ0n) is 10.9. The van der Waals surface area contributed by atoms with Gasteiger partial charge in [0.05, 0.1) is 11.2 Å². The number of nitrogens with one attached hydrogen (secondary N) is 2. The van der Waals surface area contributed by atoms with Gasteiger partial charge in [0.15, 0.2) is 0 Å². The number of nitrogens with two attached hydrogens (primary N) is 1. The molecule has 0 spiro atoms. The van der Waals surface area contributed by atoms with E-state index >= 15 is 0 Å². The van der Waals surface area contributed by atoms with E-state index in [2.05, 4.69) is 10.6 Å². The largest absolute Gasteiger partial charge is 0.326 e. The van der Waals surface area contributed by atoms with E-state index in [0.29, 0.717) is 5.69 Å². The summed E-state index contributed by atoms with van der Waals surface area (Å²) in [5.41, 5.74) is 4.85. The van der Waals surface area contributed by atoms with Gasteiger partial charge >= 0.3 is 0 Å². The molecule has 0 radical (unpaired) electrons. The molecular weight excluding hydrogens is 273 g/mol. The highest BCUT2D eigenvalue weighted by atomic mass is 35.5. The second-order valence-electron chi connectivity index (χ2n) is 4.55. The van der Waals surface area contributed by atoms with Gasteiger partial charge in [0.25, 0.3) is 0 Å². The zero-order valence-corrected chi connectivity index (χ0v) is 11.7. The van der Waals surface area contributed by atoms with Crippen LogP contribution in [-0.4, -0.2) is 17.4 Å². The van der Waals surface area contributed by atoms with Crippen LogP contribution < -0.4 is 16.4 Å². The zero-order chi connectivity index (χ0) is 13.9. The van der Waals surface area contributed by atoms with Gasteiger partial charge in [-0.3, -0.25) is 9.59 Å². The number of benzene rings is 1. The number of rotatable bonds is 3. The van der Waals surface area contributed by atoms with Crippen molar-refractivity contribution in [3.63, 3.8) is 0 Å². The van der Waals surface area contributed by atoms with E-state index in [1.165, 1.54) is 32.9 Å². The lowest BCUT2D eigenvalue weighted by atomic mass is 10.1. The van der Waals surface area contributed by atoms with E-state index in [0.717, 1.165) is 6.07 Å². The molecule has 0 atom stereocenters. The van der Waals surface area contributed by atoms with Gasteiger partial charge in [0.2, 0.25) is 11.8 Å². The van der Waals surface area contributed by atoms with E-state index in [1.54, 1.807) is 0 Å². The molecule has 19 heavy (non-hydrogen) atoms. The van der Waals surface area contributed by atoms with Crippen LogP contribution in [0.3, 0.4) is 0 Å². The van der Waals surface area contributed by atoms with Crippen LogP contribution in [0.5, 0.6) is 0 Å². The van der Waals surface area contributed by atoms with Crippen LogP contribution in [0.4, 0.5) is 15.8 Å². The molecule has 0 fully saturated rings. The predicted octanol–water partition coefficient (Wildman–Crippen LogP) is 1.88. The molecule has 0 heterocycles. The number of carbonyl (C=O) groups excluding carboxylic acids is 2. The third-order valence-corrected chi connectivity index (χ3v) is 2.12. The summed E-state index contributed by atoms with van der Waals surface area (Å²) in [5, 5.41) is 4.87. The Labute approximate surface area is 117 Å². The highest BCUT2D eigenvalue weighted by Gasteiger charge is 2.22. The summed E-state index contributed by atoms with van der Waals surface area (Å²) >= 11 is 0. The highest BCUT2D eigenvalue weighted by Crippen LogP contribution is 2.20. The minimum atomic E-state index is -1.11. The lowest BCUT2D eigenvalue weighted by molar-refractivity contribution is -0.120. The van der Waals surface area contributed by atoms with Crippen molar-refractivity contribution in [3.8, 4) is 0 Å². The summed E-state index contributed by atoms with van der Waals surface area (Å²) in [7, 11) is 0. The average Bonchev–Trinajstić information content (AvgIpc) is 2.20. The van der Waals surface area contributed by atoms with Gasteiger partial charge in [0, 0.05) is 12.6 Å². The number of anilines is 2. The molecule has 1 aromatic carbocycles. The third-order valence-electron chi connectivity index (χ3n) is 2.12. The molecule has 0 saturated carbocycles. The minimum Gasteiger partial charge on any atom is -0.326 e. The van der Waals surface area contributed by atoms with Gasteiger partial charge < -0.3 is 16.4 Å². The number of amides is 2. The first-order valence-electron chi connectivity index (χ1n) is 5.37. The number of halogens is 2. The minimum absolute atomic E-state index is 0. The normalized spacial score (nSPS) is 10.4. The summed E-state index contributed by atoms with van der Waals surface area (Å²) < 4.78 is 13.5. The molecule has 0 bridgehead atoms. The summed E-state index contributed by atoms with van der Waals surface area (Å²) in [4.78, 5) is 22.5. The molecular formula is C12H17ClFN3O2. The molecule has 0 aliphatic rings. The highest BCUT2D eigenvalue weighted by molar-refractivity contribution is 5.98. The summed E-state index contributed by atoms with van der Waals surface area (Å²) in [5.74, 6) is -1.39. The Morgan fingerprint density at radius 1 is 1.26 bits per heavy atom. The van der Waals surface area contributed by atoms with Crippen molar-refractivity contribution in [2.24, 2.45) is 5.73 Å². The van der Waals surface area contributed by atoms with E-state index in [-0.39, 0.29) is 24.0 Å². The Bertz CT molecular complexity index is 486. The van der Waals surface area contributed by atoms with Crippen LogP contribution in [0.1, 0.15) is 20.8 Å². The van der Waals surface area contributed by atoms with Gasteiger partial charge in [0.1, 0.15) is 5.82 Å². The van der Waals surface area contributed by atoms with Gasteiger partial charge in [-0.25, -0.2) is 4.39 Å². The van der Waals surface area contributed by atoms with Crippen molar-refractivity contribution in [1.29, 1.82) is 0 Å². The molecule has 1 rings (SSSR count). The maximum absolute atomic E-state index is 13.5. The van der Waals surface area contributed by atoms with Crippen LogP contribution in [-0.2, 0) is 9.59 Å².